The third-order valence-electron chi connectivity index (χ3n) is 5.77. The van der Waals surface area contributed by atoms with E-state index < -0.39 is 0 Å². The van der Waals surface area contributed by atoms with E-state index in [-0.39, 0.29) is 18.1 Å². The number of H-pyrrole nitrogens is 1. The summed E-state index contributed by atoms with van der Waals surface area (Å²) in [6.07, 6.45) is 3.01. The lowest BCUT2D eigenvalue weighted by Crippen LogP contribution is -2.42. The number of aromatic nitrogens is 2. The largest absolute Gasteiger partial charge is 0.369 e. The van der Waals surface area contributed by atoms with Crippen LogP contribution in [0.4, 0.5) is 0 Å². The summed E-state index contributed by atoms with van der Waals surface area (Å²) >= 11 is 0. The summed E-state index contributed by atoms with van der Waals surface area (Å²) in [5, 5.41) is 7.38. The van der Waals surface area contributed by atoms with Gasteiger partial charge in [-0.15, -0.1) is 0 Å². The van der Waals surface area contributed by atoms with E-state index in [2.05, 4.69) is 42.9 Å². The smallest absolute Gasteiger partial charge is 0.274 e. The minimum absolute atomic E-state index is 0.0230. The average molecular weight is 348 g/mol. The number of rotatable bonds is 4. The van der Waals surface area contributed by atoms with Crippen LogP contribution in [0.2, 0.25) is 0 Å². The molecule has 3 rings (SSSR count). The van der Waals surface area contributed by atoms with Crippen molar-refractivity contribution in [2.45, 2.75) is 65.2 Å². The quantitative estimate of drug-likeness (QED) is 0.909. The molecule has 0 aromatic carbocycles. The molecule has 0 aliphatic carbocycles. The first-order valence-electron chi connectivity index (χ1n) is 9.59. The van der Waals surface area contributed by atoms with Crippen LogP contribution in [0.15, 0.2) is 0 Å². The van der Waals surface area contributed by atoms with E-state index in [9.17, 15) is 4.79 Å². The van der Waals surface area contributed by atoms with Gasteiger partial charge in [0.2, 0.25) is 0 Å². The molecule has 0 spiro atoms. The number of carbonyl (C=O) groups is 1. The Morgan fingerprint density at radius 3 is 2.68 bits per heavy atom. The molecule has 6 nitrogen and oxygen atoms in total. The molecule has 0 saturated carbocycles. The van der Waals surface area contributed by atoms with Crippen LogP contribution >= 0.6 is 0 Å². The number of nitrogens with zero attached hydrogens (tertiary/aromatic N) is 3. The minimum atomic E-state index is -0.0230. The zero-order valence-electron chi connectivity index (χ0n) is 16.2. The molecule has 1 fully saturated rings. The van der Waals surface area contributed by atoms with Crippen molar-refractivity contribution in [3.63, 3.8) is 0 Å². The van der Waals surface area contributed by atoms with Crippen LogP contribution in [-0.4, -0.2) is 64.7 Å². The van der Waals surface area contributed by atoms with E-state index in [1.54, 1.807) is 0 Å². The summed E-state index contributed by atoms with van der Waals surface area (Å²) in [4.78, 5) is 17.4. The van der Waals surface area contributed by atoms with Crippen LogP contribution in [-0.2, 0) is 11.2 Å². The van der Waals surface area contributed by atoms with Crippen molar-refractivity contribution in [2.24, 2.45) is 5.92 Å². The Labute approximate surface area is 150 Å². The first kappa shape index (κ1) is 18.4. The second-order valence-electron chi connectivity index (χ2n) is 8.03. The SMILES string of the molecule is CC(C)N(C)CC1CCN(C(=O)c2n[nH]c3c2C[C@H](C)O[C@@H]3C)CC1. The van der Waals surface area contributed by atoms with Gasteiger partial charge in [0.25, 0.3) is 5.91 Å². The van der Waals surface area contributed by atoms with Crippen LogP contribution < -0.4 is 0 Å². The number of amides is 1. The summed E-state index contributed by atoms with van der Waals surface area (Å²) in [7, 11) is 2.18. The Kier molecular flexibility index (Phi) is 5.49. The number of aromatic amines is 1. The molecule has 140 valence electrons. The monoisotopic (exact) mass is 348 g/mol. The van der Waals surface area contributed by atoms with Crippen LogP contribution in [0.25, 0.3) is 0 Å². The summed E-state index contributed by atoms with van der Waals surface area (Å²) in [6.45, 7) is 11.3. The molecule has 2 atom stereocenters. The van der Waals surface area contributed by atoms with E-state index in [1.807, 2.05) is 11.8 Å². The number of piperidine rings is 1. The highest BCUT2D eigenvalue weighted by molar-refractivity contribution is 5.94. The van der Waals surface area contributed by atoms with E-state index in [1.165, 1.54) is 0 Å². The lowest BCUT2D eigenvalue weighted by molar-refractivity contribution is -0.00703. The van der Waals surface area contributed by atoms with Gasteiger partial charge in [0.05, 0.1) is 17.9 Å². The fraction of sp³-hybridized carbons (Fsp3) is 0.789. The third kappa shape index (κ3) is 3.90. The van der Waals surface area contributed by atoms with E-state index in [0.717, 1.165) is 50.2 Å². The fourth-order valence-corrected chi connectivity index (χ4v) is 3.94. The van der Waals surface area contributed by atoms with Crippen LogP contribution in [0, 0.1) is 5.92 Å². The predicted octanol–water partition coefficient (Wildman–Crippen LogP) is 2.62. The van der Waals surface area contributed by atoms with Gasteiger partial charge in [0.15, 0.2) is 5.69 Å². The lowest BCUT2D eigenvalue weighted by Gasteiger charge is -2.35. The number of nitrogens with one attached hydrogen (secondary N) is 1. The van der Waals surface area contributed by atoms with Gasteiger partial charge in [-0.05, 0) is 53.5 Å². The van der Waals surface area contributed by atoms with Crippen molar-refractivity contribution < 1.29 is 9.53 Å². The molecule has 1 amide bonds. The molecular formula is C19H32N4O2. The van der Waals surface area contributed by atoms with Crippen molar-refractivity contribution in [1.82, 2.24) is 20.0 Å². The molecule has 6 heteroatoms. The van der Waals surface area contributed by atoms with Crippen molar-refractivity contribution in [1.29, 1.82) is 0 Å². The van der Waals surface area contributed by atoms with Crippen LogP contribution in [0.5, 0.6) is 0 Å². The molecule has 0 radical (unpaired) electrons. The topological polar surface area (TPSA) is 61.5 Å². The molecule has 1 aromatic rings. The summed E-state index contributed by atoms with van der Waals surface area (Å²) < 4.78 is 5.82. The van der Waals surface area contributed by atoms with Crippen molar-refractivity contribution in [3.05, 3.63) is 17.0 Å². The van der Waals surface area contributed by atoms with Gasteiger partial charge in [0.1, 0.15) is 0 Å². The van der Waals surface area contributed by atoms with Gasteiger partial charge in [-0.25, -0.2) is 0 Å². The van der Waals surface area contributed by atoms with Gasteiger partial charge in [-0.1, -0.05) is 0 Å². The Balaban J connectivity index is 1.62. The predicted molar refractivity (Wildman–Crippen MR) is 97.6 cm³/mol. The zero-order chi connectivity index (χ0) is 18.1. The summed E-state index contributed by atoms with van der Waals surface area (Å²) in [5.41, 5.74) is 2.63. The van der Waals surface area contributed by atoms with Gasteiger partial charge >= 0.3 is 0 Å². The zero-order valence-corrected chi connectivity index (χ0v) is 16.2. The first-order valence-corrected chi connectivity index (χ1v) is 9.59. The highest BCUT2D eigenvalue weighted by Crippen LogP contribution is 2.31. The molecule has 3 heterocycles. The van der Waals surface area contributed by atoms with E-state index in [0.29, 0.717) is 17.7 Å². The summed E-state index contributed by atoms with van der Waals surface area (Å²) in [5.74, 6) is 0.757. The molecule has 2 aliphatic heterocycles. The van der Waals surface area contributed by atoms with Gasteiger partial charge in [-0.2, -0.15) is 5.10 Å². The second kappa shape index (κ2) is 7.46. The standard InChI is InChI=1S/C19H32N4O2/c1-12(2)22(5)11-15-6-8-23(9-7-15)19(24)18-16-10-13(3)25-14(4)17(16)20-21-18/h12-15H,6-11H2,1-5H3,(H,20,21)/t13-,14+/m0/s1. The molecule has 1 N–H and O–H groups in total. The number of carbonyl (C=O) groups excluding carboxylic acids is 1. The molecule has 0 bridgehead atoms. The van der Waals surface area contributed by atoms with E-state index in [4.69, 9.17) is 4.74 Å². The number of hydrogen-bond acceptors (Lipinski definition) is 4. The van der Waals surface area contributed by atoms with Gasteiger partial charge < -0.3 is 14.5 Å². The maximum Gasteiger partial charge on any atom is 0.274 e. The summed E-state index contributed by atoms with van der Waals surface area (Å²) in [6, 6.07) is 0.571. The lowest BCUT2D eigenvalue weighted by atomic mass is 9.94. The molecule has 0 unspecified atom stereocenters. The minimum Gasteiger partial charge on any atom is -0.369 e. The molecule has 2 aliphatic rings. The Hall–Kier alpha value is -1.40. The van der Waals surface area contributed by atoms with Crippen LogP contribution in [0.1, 0.15) is 68.4 Å². The number of ether oxygens (including phenoxy) is 1. The first-order chi connectivity index (χ1) is 11.9. The number of hydrogen-bond donors (Lipinski definition) is 1. The molecule has 1 aromatic heterocycles. The van der Waals surface area contributed by atoms with Crippen molar-refractivity contribution in [3.8, 4) is 0 Å². The molecule has 25 heavy (non-hydrogen) atoms. The van der Waals surface area contributed by atoms with Gasteiger partial charge in [-0.3, -0.25) is 9.89 Å². The normalized spacial score (nSPS) is 24.8. The molecule has 1 saturated heterocycles. The molecular weight excluding hydrogens is 316 g/mol. The van der Waals surface area contributed by atoms with Crippen molar-refractivity contribution in [2.75, 3.05) is 26.7 Å². The third-order valence-corrected chi connectivity index (χ3v) is 5.77. The second-order valence-corrected chi connectivity index (χ2v) is 8.03. The maximum atomic E-state index is 13.0. The maximum absolute atomic E-state index is 13.0. The Morgan fingerprint density at radius 2 is 2.04 bits per heavy atom. The van der Waals surface area contributed by atoms with E-state index >= 15 is 0 Å². The fourth-order valence-electron chi connectivity index (χ4n) is 3.94. The van der Waals surface area contributed by atoms with Crippen molar-refractivity contribution >= 4 is 5.91 Å². The van der Waals surface area contributed by atoms with Crippen LogP contribution in [0.3, 0.4) is 0 Å². The Bertz CT molecular complexity index is 605. The Morgan fingerprint density at radius 1 is 1.36 bits per heavy atom. The highest BCUT2D eigenvalue weighted by atomic mass is 16.5. The highest BCUT2D eigenvalue weighted by Gasteiger charge is 2.32. The number of likely N-dealkylation sites (tertiary alicyclic amines) is 1. The van der Waals surface area contributed by atoms with Gasteiger partial charge in [0, 0.05) is 37.7 Å². The number of fused-ring (bicyclic) bond motifs is 1. The average Bonchev–Trinajstić information content (AvgIpc) is 2.98.